The fraction of sp³-hybridized carbons (Fsp3) is 0.273. The van der Waals surface area contributed by atoms with E-state index in [4.69, 9.17) is 10.2 Å². The zero-order valence-electron chi connectivity index (χ0n) is 9.33. The summed E-state index contributed by atoms with van der Waals surface area (Å²) in [7, 11) is 0. The average molecular weight is 232 g/mol. The van der Waals surface area contributed by atoms with Crippen LogP contribution in [-0.2, 0) is 0 Å². The lowest BCUT2D eigenvalue weighted by Gasteiger charge is -2.01. The second-order valence-electron chi connectivity index (χ2n) is 3.53. The molecule has 2 heterocycles. The number of nitrogens with zero attached hydrogens (tertiary/aromatic N) is 3. The van der Waals surface area contributed by atoms with Crippen LogP contribution in [0.3, 0.4) is 0 Å². The van der Waals surface area contributed by atoms with E-state index >= 15 is 0 Å². The Bertz CT molecular complexity index is 509. The Labute approximate surface area is 97.9 Å². The van der Waals surface area contributed by atoms with E-state index in [1.165, 1.54) is 0 Å². The molecule has 2 N–H and O–H groups in total. The van der Waals surface area contributed by atoms with Crippen LogP contribution in [0.1, 0.15) is 24.0 Å². The molecule has 0 unspecified atom stereocenters. The zero-order valence-corrected chi connectivity index (χ0v) is 9.33. The summed E-state index contributed by atoms with van der Waals surface area (Å²) in [5.74, 6) is -0.0921. The Hall–Kier alpha value is -2.08. The zero-order chi connectivity index (χ0) is 12.3. The van der Waals surface area contributed by atoms with Crippen LogP contribution in [0, 0.1) is 0 Å². The summed E-state index contributed by atoms with van der Waals surface area (Å²) >= 11 is 0. The molecule has 0 aliphatic heterocycles. The summed E-state index contributed by atoms with van der Waals surface area (Å²) < 4.78 is 5.27. The highest BCUT2D eigenvalue weighted by Gasteiger charge is 2.20. The number of hydrogen-bond donors (Lipinski definition) is 1. The van der Waals surface area contributed by atoms with Crippen molar-refractivity contribution in [1.29, 1.82) is 0 Å². The Morgan fingerprint density at radius 1 is 1.41 bits per heavy atom. The molecular weight excluding hydrogens is 220 g/mol. The van der Waals surface area contributed by atoms with Crippen molar-refractivity contribution in [2.45, 2.75) is 19.4 Å². The fourth-order valence-corrected chi connectivity index (χ4v) is 1.28. The van der Waals surface area contributed by atoms with Crippen molar-refractivity contribution in [3.63, 3.8) is 0 Å². The number of rotatable bonds is 4. The van der Waals surface area contributed by atoms with Gasteiger partial charge in [-0.25, -0.2) is 0 Å². The number of Topliss-reactive ketones (excluding diaryl/α,β-unsaturated/α-hetero) is 1. The second kappa shape index (κ2) is 4.84. The molecule has 0 amide bonds. The topological polar surface area (TPSA) is 94.9 Å². The van der Waals surface area contributed by atoms with E-state index in [1.54, 1.807) is 24.5 Å². The maximum Gasteiger partial charge on any atom is 0.285 e. The van der Waals surface area contributed by atoms with Crippen molar-refractivity contribution in [2.75, 3.05) is 0 Å². The van der Waals surface area contributed by atoms with E-state index in [-0.39, 0.29) is 11.7 Å². The van der Waals surface area contributed by atoms with Gasteiger partial charge in [-0.3, -0.25) is 9.78 Å². The predicted molar refractivity (Wildman–Crippen MR) is 60.1 cm³/mol. The van der Waals surface area contributed by atoms with Crippen molar-refractivity contribution in [3.8, 4) is 11.5 Å². The maximum absolute atomic E-state index is 11.7. The van der Waals surface area contributed by atoms with Gasteiger partial charge in [0.1, 0.15) is 0 Å². The lowest BCUT2D eigenvalue weighted by atomic mass is 10.1. The van der Waals surface area contributed by atoms with E-state index < -0.39 is 6.04 Å². The van der Waals surface area contributed by atoms with Crippen LogP contribution in [0.5, 0.6) is 0 Å². The van der Waals surface area contributed by atoms with E-state index in [2.05, 4.69) is 15.2 Å². The number of carbonyl (C=O) groups is 1. The van der Waals surface area contributed by atoms with Gasteiger partial charge in [0, 0.05) is 18.0 Å². The minimum atomic E-state index is -0.597. The lowest BCUT2D eigenvalue weighted by molar-refractivity contribution is 0.0926. The minimum absolute atomic E-state index is 0.0498. The predicted octanol–water partition coefficient (Wildman–Crippen LogP) is 1.05. The van der Waals surface area contributed by atoms with Crippen LogP contribution in [0.25, 0.3) is 11.5 Å². The quantitative estimate of drug-likeness (QED) is 0.791. The van der Waals surface area contributed by atoms with E-state index in [0.29, 0.717) is 12.3 Å². The van der Waals surface area contributed by atoms with Gasteiger partial charge in [0.15, 0.2) is 0 Å². The summed E-state index contributed by atoms with van der Waals surface area (Å²) in [4.78, 5) is 15.6. The van der Waals surface area contributed by atoms with Crippen LogP contribution >= 0.6 is 0 Å². The second-order valence-corrected chi connectivity index (χ2v) is 3.53. The molecule has 0 aromatic carbocycles. The molecule has 0 saturated heterocycles. The number of carbonyl (C=O) groups excluding carboxylic acids is 1. The Kier molecular flexibility index (Phi) is 3.24. The molecule has 88 valence electrons. The van der Waals surface area contributed by atoms with Gasteiger partial charge in [0.25, 0.3) is 5.89 Å². The standard InChI is InChI=1S/C11H12N4O2/c1-2-8(12)9(16)11-15-14-10(17-11)7-3-5-13-6-4-7/h3-6,8H,2,12H2,1H3/t8-/m0/s1. The highest BCUT2D eigenvalue weighted by Crippen LogP contribution is 2.16. The largest absolute Gasteiger partial charge is 0.414 e. The van der Waals surface area contributed by atoms with E-state index in [0.717, 1.165) is 5.56 Å². The van der Waals surface area contributed by atoms with Crippen molar-refractivity contribution in [1.82, 2.24) is 15.2 Å². The first-order valence-electron chi connectivity index (χ1n) is 5.26. The number of nitrogens with two attached hydrogens (primary N) is 1. The van der Waals surface area contributed by atoms with Gasteiger partial charge in [-0.05, 0) is 18.6 Å². The van der Waals surface area contributed by atoms with Crippen molar-refractivity contribution < 1.29 is 9.21 Å². The third-order valence-electron chi connectivity index (χ3n) is 2.34. The summed E-state index contributed by atoms with van der Waals surface area (Å²) in [5.41, 5.74) is 6.33. The monoisotopic (exact) mass is 232 g/mol. The third-order valence-corrected chi connectivity index (χ3v) is 2.34. The Morgan fingerprint density at radius 3 is 2.76 bits per heavy atom. The summed E-state index contributed by atoms with van der Waals surface area (Å²) in [6, 6.07) is 2.85. The summed E-state index contributed by atoms with van der Waals surface area (Å²) in [6.45, 7) is 1.82. The van der Waals surface area contributed by atoms with Gasteiger partial charge in [-0.1, -0.05) is 6.92 Å². The molecule has 17 heavy (non-hydrogen) atoms. The molecule has 6 heteroatoms. The van der Waals surface area contributed by atoms with Crippen molar-refractivity contribution in [2.24, 2.45) is 5.73 Å². The summed E-state index contributed by atoms with van der Waals surface area (Å²) in [5, 5.41) is 7.50. The van der Waals surface area contributed by atoms with Gasteiger partial charge >= 0.3 is 0 Å². The number of aromatic nitrogens is 3. The van der Waals surface area contributed by atoms with Gasteiger partial charge in [0.05, 0.1) is 6.04 Å². The highest BCUT2D eigenvalue weighted by molar-refractivity contribution is 5.95. The van der Waals surface area contributed by atoms with Crippen molar-refractivity contribution >= 4 is 5.78 Å². The van der Waals surface area contributed by atoms with Crippen LogP contribution in [0.15, 0.2) is 28.9 Å². The minimum Gasteiger partial charge on any atom is -0.414 e. The molecule has 2 rings (SSSR count). The molecule has 0 saturated carbocycles. The molecule has 0 aliphatic rings. The number of pyridine rings is 1. The third kappa shape index (κ3) is 2.36. The first kappa shape index (κ1) is 11.4. The SMILES string of the molecule is CC[C@H](N)C(=O)c1nnc(-c2ccncc2)o1. The molecular formula is C11H12N4O2. The van der Waals surface area contributed by atoms with E-state index in [1.807, 2.05) is 6.92 Å². The lowest BCUT2D eigenvalue weighted by Crippen LogP contribution is -2.29. The molecule has 0 radical (unpaired) electrons. The maximum atomic E-state index is 11.7. The molecule has 2 aromatic heterocycles. The number of hydrogen-bond acceptors (Lipinski definition) is 6. The molecule has 0 fully saturated rings. The molecule has 2 aromatic rings. The molecule has 6 nitrogen and oxygen atoms in total. The van der Waals surface area contributed by atoms with Crippen LogP contribution in [0.2, 0.25) is 0 Å². The van der Waals surface area contributed by atoms with Gasteiger partial charge in [-0.2, -0.15) is 0 Å². The van der Waals surface area contributed by atoms with Gasteiger partial charge in [0.2, 0.25) is 11.7 Å². The Balaban J connectivity index is 2.25. The Morgan fingerprint density at radius 2 is 2.12 bits per heavy atom. The highest BCUT2D eigenvalue weighted by atomic mass is 16.4. The van der Waals surface area contributed by atoms with Gasteiger partial charge < -0.3 is 10.2 Å². The summed E-state index contributed by atoms with van der Waals surface area (Å²) in [6.07, 6.45) is 3.75. The van der Waals surface area contributed by atoms with Crippen molar-refractivity contribution in [3.05, 3.63) is 30.4 Å². The first-order valence-corrected chi connectivity index (χ1v) is 5.26. The van der Waals surface area contributed by atoms with Crippen LogP contribution < -0.4 is 5.73 Å². The molecule has 1 atom stereocenters. The molecule has 0 bridgehead atoms. The average Bonchev–Trinajstić information content (AvgIpc) is 2.87. The normalized spacial score (nSPS) is 12.4. The smallest absolute Gasteiger partial charge is 0.285 e. The molecule has 0 spiro atoms. The molecule has 0 aliphatic carbocycles. The first-order chi connectivity index (χ1) is 8.22. The van der Waals surface area contributed by atoms with Crippen LogP contribution in [-0.4, -0.2) is 27.0 Å². The number of ketones is 1. The van der Waals surface area contributed by atoms with E-state index in [9.17, 15) is 4.79 Å². The van der Waals surface area contributed by atoms with Gasteiger partial charge in [-0.15, -0.1) is 10.2 Å². The van der Waals surface area contributed by atoms with Crippen LogP contribution in [0.4, 0.5) is 0 Å². The fourth-order valence-electron chi connectivity index (χ4n) is 1.28.